The lowest BCUT2D eigenvalue weighted by Crippen LogP contribution is -2.20. The number of amides is 1. The summed E-state index contributed by atoms with van der Waals surface area (Å²) in [5.74, 6) is 0.557. The highest BCUT2D eigenvalue weighted by molar-refractivity contribution is 5.85. The molecule has 0 aliphatic rings. The van der Waals surface area contributed by atoms with Crippen LogP contribution in [0, 0.1) is 13.8 Å². The predicted octanol–water partition coefficient (Wildman–Crippen LogP) is 2.05. The van der Waals surface area contributed by atoms with Crippen LogP contribution in [0.2, 0.25) is 0 Å². The minimum atomic E-state index is -0.154. The first kappa shape index (κ1) is 15.8. The molecule has 0 aliphatic heterocycles. The molecule has 0 radical (unpaired) electrons. The number of benzene rings is 1. The molecule has 2 rings (SSSR count). The number of hydrazone groups is 1. The number of hydrogen-bond donors (Lipinski definition) is 1. The average molecular weight is 300 g/mol. The van der Waals surface area contributed by atoms with Crippen LogP contribution >= 0.6 is 0 Å². The van der Waals surface area contributed by atoms with Crippen LogP contribution in [0.3, 0.4) is 0 Å². The molecule has 0 atom stereocenters. The Hall–Kier alpha value is -2.63. The van der Waals surface area contributed by atoms with Crippen molar-refractivity contribution in [2.24, 2.45) is 5.10 Å². The molecule has 0 spiro atoms. The zero-order chi connectivity index (χ0) is 15.9. The Bertz CT molecular complexity index is 677. The summed E-state index contributed by atoms with van der Waals surface area (Å²) < 4.78 is 7.03. The van der Waals surface area contributed by atoms with E-state index in [4.69, 9.17) is 4.74 Å². The number of methoxy groups -OCH3 is 1. The number of carbonyl (C=O) groups is 1. The minimum absolute atomic E-state index is 0.154. The van der Waals surface area contributed by atoms with Gasteiger partial charge in [0.25, 0.3) is 0 Å². The summed E-state index contributed by atoms with van der Waals surface area (Å²) >= 11 is 0. The molecule has 1 N–H and O–H groups in total. The molecular formula is C16H20N4O2. The van der Waals surface area contributed by atoms with Gasteiger partial charge in [0.1, 0.15) is 5.75 Å². The maximum atomic E-state index is 11.8. The van der Waals surface area contributed by atoms with Crippen LogP contribution in [0.4, 0.5) is 0 Å². The number of rotatable bonds is 6. The van der Waals surface area contributed by atoms with Gasteiger partial charge in [0.15, 0.2) is 0 Å². The van der Waals surface area contributed by atoms with E-state index in [0.717, 1.165) is 17.0 Å². The normalized spacial score (nSPS) is 10.9. The van der Waals surface area contributed by atoms with Crippen molar-refractivity contribution in [2.45, 2.75) is 26.8 Å². The van der Waals surface area contributed by atoms with E-state index in [1.807, 2.05) is 48.9 Å². The van der Waals surface area contributed by atoms with E-state index in [1.54, 1.807) is 13.3 Å². The van der Waals surface area contributed by atoms with Gasteiger partial charge in [0, 0.05) is 17.7 Å². The van der Waals surface area contributed by atoms with Crippen molar-refractivity contribution in [2.75, 3.05) is 7.11 Å². The van der Waals surface area contributed by atoms with Gasteiger partial charge in [-0.3, -0.25) is 9.48 Å². The van der Waals surface area contributed by atoms with Crippen LogP contribution in [-0.4, -0.2) is 29.0 Å². The molecule has 0 bridgehead atoms. The van der Waals surface area contributed by atoms with Crippen LogP contribution in [0.25, 0.3) is 0 Å². The summed E-state index contributed by atoms with van der Waals surface area (Å²) in [5, 5.41) is 8.27. The molecule has 1 amide bonds. The Labute approximate surface area is 129 Å². The molecule has 0 unspecified atom stereocenters. The fraction of sp³-hybridized carbons (Fsp3) is 0.312. The van der Waals surface area contributed by atoms with Crippen molar-refractivity contribution >= 4 is 12.1 Å². The number of nitrogens with one attached hydrogen (secondary N) is 1. The van der Waals surface area contributed by atoms with E-state index in [0.29, 0.717) is 18.7 Å². The summed E-state index contributed by atoms with van der Waals surface area (Å²) in [5.41, 5.74) is 5.32. The number of aryl methyl sites for hydroxylation is 3. The van der Waals surface area contributed by atoms with Crippen molar-refractivity contribution in [3.63, 3.8) is 0 Å². The standard InChI is InChI=1S/C16H20N4O2/c1-12-10-13(2)20(19-12)9-8-16(21)18-17-11-14-6-4-5-7-15(14)22-3/h4-7,10-11H,8-9H2,1-3H3,(H,18,21)/b17-11-. The summed E-state index contributed by atoms with van der Waals surface area (Å²) in [7, 11) is 1.60. The van der Waals surface area contributed by atoms with Crippen molar-refractivity contribution in [3.05, 3.63) is 47.3 Å². The Kier molecular flexibility index (Phi) is 5.30. The molecule has 0 saturated carbocycles. The highest BCUT2D eigenvalue weighted by atomic mass is 16.5. The van der Waals surface area contributed by atoms with Crippen molar-refractivity contribution in [1.82, 2.24) is 15.2 Å². The number of nitrogens with zero attached hydrogens (tertiary/aromatic N) is 3. The van der Waals surface area contributed by atoms with Gasteiger partial charge < -0.3 is 4.74 Å². The molecule has 2 aromatic rings. The fourth-order valence-corrected chi connectivity index (χ4v) is 2.11. The Balaban J connectivity index is 1.85. The first-order valence-corrected chi connectivity index (χ1v) is 7.06. The van der Waals surface area contributed by atoms with E-state index in [2.05, 4.69) is 15.6 Å². The number of hydrogen-bond acceptors (Lipinski definition) is 4. The van der Waals surface area contributed by atoms with Crippen LogP contribution in [0.5, 0.6) is 5.75 Å². The van der Waals surface area contributed by atoms with Crippen LogP contribution < -0.4 is 10.2 Å². The van der Waals surface area contributed by atoms with E-state index in [1.165, 1.54) is 0 Å². The summed E-state index contributed by atoms with van der Waals surface area (Å²) in [6, 6.07) is 9.45. The predicted molar refractivity (Wildman–Crippen MR) is 85.0 cm³/mol. The molecule has 1 aromatic carbocycles. The van der Waals surface area contributed by atoms with Gasteiger partial charge in [-0.15, -0.1) is 0 Å². The third-order valence-electron chi connectivity index (χ3n) is 3.19. The highest BCUT2D eigenvalue weighted by Gasteiger charge is 2.04. The van der Waals surface area contributed by atoms with Crippen LogP contribution in [-0.2, 0) is 11.3 Å². The fourth-order valence-electron chi connectivity index (χ4n) is 2.11. The average Bonchev–Trinajstić information content (AvgIpc) is 2.83. The van der Waals surface area contributed by atoms with E-state index < -0.39 is 0 Å². The first-order valence-electron chi connectivity index (χ1n) is 7.06. The Morgan fingerprint density at radius 2 is 2.18 bits per heavy atom. The van der Waals surface area contributed by atoms with E-state index in [-0.39, 0.29) is 5.91 Å². The van der Waals surface area contributed by atoms with Gasteiger partial charge in [0.2, 0.25) is 5.91 Å². The van der Waals surface area contributed by atoms with Crippen molar-refractivity contribution < 1.29 is 9.53 Å². The topological polar surface area (TPSA) is 68.5 Å². The second-order valence-electron chi connectivity index (χ2n) is 4.94. The number of para-hydroxylation sites is 1. The minimum Gasteiger partial charge on any atom is -0.496 e. The van der Waals surface area contributed by atoms with Crippen molar-refractivity contribution in [3.8, 4) is 5.75 Å². The first-order chi connectivity index (χ1) is 10.6. The largest absolute Gasteiger partial charge is 0.496 e. The Morgan fingerprint density at radius 3 is 2.86 bits per heavy atom. The second kappa shape index (κ2) is 7.40. The molecular weight excluding hydrogens is 280 g/mol. The summed E-state index contributed by atoms with van der Waals surface area (Å²) in [6.45, 7) is 4.44. The Morgan fingerprint density at radius 1 is 1.41 bits per heavy atom. The van der Waals surface area contributed by atoms with Gasteiger partial charge in [-0.05, 0) is 32.0 Å². The zero-order valence-electron chi connectivity index (χ0n) is 13.0. The third kappa shape index (κ3) is 4.18. The maximum absolute atomic E-state index is 11.8. The monoisotopic (exact) mass is 300 g/mol. The summed E-state index contributed by atoms with van der Waals surface area (Å²) in [6.07, 6.45) is 1.89. The zero-order valence-corrected chi connectivity index (χ0v) is 13.0. The number of ether oxygens (including phenoxy) is 1. The molecule has 1 aromatic heterocycles. The third-order valence-corrected chi connectivity index (χ3v) is 3.19. The van der Waals surface area contributed by atoms with Gasteiger partial charge >= 0.3 is 0 Å². The van der Waals surface area contributed by atoms with Gasteiger partial charge in [0.05, 0.1) is 25.6 Å². The molecule has 22 heavy (non-hydrogen) atoms. The molecule has 6 nitrogen and oxygen atoms in total. The molecule has 6 heteroatoms. The molecule has 116 valence electrons. The lowest BCUT2D eigenvalue weighted by Gasteiger charge is -2.04. The molecule has 0 aliphatic carbocycles. The molecule has 0 saturated heterocycles. The number of carbonyl (C=O) groups excluding carboxylic acids is 1. The molecule has 1 heterocycles. The number of aromatic nitrogens is 2. The van der Waals surface area contributed by atoms with Gasteiger partial charge in [-0.25, -0.2) is 5.43 Å². The van der Waals surface area contributed by atoms with Crippen molar-refractivity contribution in [1.29, 1.82) is 0 Å². The van der Waals surface area contributed by atoms with Gasteiger partial charge in [-0.2, -0.15) is 10.2 Å². The maximum Gasteiger partial charge on any atom is 0.241 e. The smallest absolute Gasteiger partial charge is 0.241 e. The molecule has 0 fully saturated rings. The van der Waals surface area contributed by atoms with Gasteiger partial charge in [-0.1, -0.05) is 12.1 Å². The van der Waals surface area contributed by atoms with Crippen LogP contribution in [0.1, 0.15) is 23.4 Å². The lowest BCUT2D eigenvalue weighted by molar-refractivity contribution is -0.121. The van der Waals surface area contributed by atoms with E-state index in [9.17, 15) is 4.79 Å². The van der Waals surface area contributed by atoms with Crippen LogP contribution in [0.15, 0.2) is 35.4 Å². The second-order valence-corrected chi connectivity index (χ2v) is 4.94. The quantitative estimate of drug-likeness (QED) is 0.656. The lowest BCUT2D eigenvalue weighted by atomic mass is 10.2. The highest BCUT2D eigenvalue weighted by Crippen LogP contribution is 2.14. The van der Waals surface area contributed by atoms with E-state index >= 15 is 0 Å². The summed E-state index contributed by atoms with van der Waals surface area (Å²) in [4.78, 5) is 11.8. The SMILES string of the molecule is COc1ccccc1/C=N\NC(=O)CCn1nc(C)cc1C.